The molecule has 0 radical (unpaired) electrons. The molecule has 1 fully saturated rings. The Morgan fingerprint density at radius 2 is 1.59 bits per heavy atom. The average Bonchev–Trinajstić information content (AvgIpc) is 3.18. The quantitative estimate of drug-likeness (QED) is 0.642. The first kappa shape index (κ1) is 14.8. The lowest BCUT2D eigenvalue weighted by Crippen LogP contribution is -1.94. The molecule has 0 aromatic heterocycles. The van der Waals surface area contributed by atoms with Crippen LogP contribution in [0.5, 0.6) is 0 Å². The third-order valence-corrected chi connectivity index (χ3v) is 4.44. The zero-order valence-corrected chi connectivity index (χ0v) is 13.0. The maximum absolute atomic E-state index is 14.1. The molecule has 112 valence electrons. The Labute approximate surface area is 130 Å². The summed E-state index contributed by atoms with van der Waals surface area (Å²) in [7, 11) is 0. The van der Waals surface area contributed by atoms with E-state index in [0.29, 0.717) is 11.8 Å². The zero-order valence-electron chi connectivity index (χ0n) is 13.0. The highest BCUT2D eigenvalue weighted by Gasteiger charge is 2.34. The Morgan fingerprint density at radius 3 is 2.14 bits per heavy atom. The molecule has 0 nitrogen and oxygen atoms in total. The van der Waals surface area contributed by atoms with Crippen LogP contribution in [0.25, 0.3) is 0 Å². The molecule has 1 aliphatic carbocycles. The van der Waals surface area contributed by atoms with Crippen LogP contribution in [0.3, 0.4) is 0 Å². The summed E-state index contributed by atoms with van der Waals surface area (Å²) in [5.41, 5.74) is 3.66. The van der Waals surface area contributed by atoms with Crippen molar-refractivity contribution in [2.45, 2.75) is 33.1 Å². The second kappa shape index (κ2) is 5.57. The summed E-state index contributed by atoms with van der Waals surface area (Å²) < 4.78 is 28.3. The normalized spacial score (nSPS) is 19.5. The first-order chi connectivity index (χ1) is 10.5. The second-order valence-electron chi connectivity index (χ2n) is 6.23. The lowest BCUT2D eigenvalue weighted by molar-refractivity contribution is 0.573. The van der Waals surface area contributed by atoms with Gasteiger partial charge >= 0.3 is 0 Å². The second-order valence-corrected chi connectivity index (χ2v) is 6.23. The number of benzene rings is 2. The predicted molar refractivity (Wildman–Crippen MR) is 84.8 cm³/mol. The molecule has 0 saturated heterocycles. The lowest BCUT2D eigenvalue weighted by Gasteiger charge is -2.03. The van der Waals surface area contributed by atoms with Crippen LogP contribution in [-0.2, 0) is 0 Å². The third-order valence-electron chi connectivity index (χ3n) is 4.44. The van der Waals surface area contributed by atoms with Gasteiger partial charge in [0.15, 0.2) is 0 Å². The Hall–Kier alpha value is -2.14. The predicted octanol–water partition coefficient (Wildman–Crippen LogP) is 5.10. The van der Waals surface area contributed by atoms with Crippen molar-refractivity contribution in [3.63, 3.8) is 0 Å². The molecule has 2 heteroatoms. The maximum Gasteiger partial charge on any atom is 0.142 e. The molecule has 2 atom stereocenters. The van der Waals surface area contributed by atoms with Crippen LogP contribution in [-0.4, -0.2) is 0 Å². The fraction of sp³-hybridized carbons (Fsp3) is 0.300. The lowest BCUT2D eigenvalue weighted by atomic mass is 10.0. The monoisotopic (exact) mass is 296 g/mol. The van der Waals surface area contributed by atoms with Gasteiger partial charge in [-0.2, -0.15) is 0 Å². The number of rotatable bonds is 1. The SMILES string of the molecule is Cc1ccc(C#Cc2c(F)cc(C3CC3C)cc2F)cc1C. The number of aryl methyl sites for hydroxylation is 2. The summed E-state index contributed by atoms with van der Waals surface area (Å²) >= 11 is 0. The molecule has 0 N–H and O–H groups in total. The van der Waals surface area contributed by atoms with Crippen molar-refractivity contribution >= 4 is 0 Å². The standard InChI is InChI=1S/C20H18F2/c1-12-4-5-15(8-13(12)2)6-7-17-19(21)10-16(11-20(17)22)18-9-14(18)3/h4-5,8,10-11,14,18H,9H2,1-3H3. The van der Waals surface area contributed by atoms with Crippen molar-refractivity contribution < 1.29 is 8.78 Å². The van der Waals surface area contributed by atoms with Gasteiger partial charge in [0.1, 0.15) is 11.6 Å². The first-order valence-electron chi connectivity index (χ1n) is 7.54. The van der Waals surface area contributed by atoms with E-state index in [0.717, 1.165) is 23.1 Å². The van der Waals surface area contributed by atoms with Crippen LogP contribution < -0.4 is 0 Å². The van der Waals surface area contributed by atoms with Crippen molar-refractivity contribution in [3.8, 4) is 11.8 Å². The molecular weight excluding hydrogens is 278 g/mol. The van der Waals surface area contributed by atoms with E-state index >= 15 is 0 Å². The molecular formula is C20H18F2. The third kappa shape index (κ3) is 2.90. The molecule has 22 heavy (non-hydrogen) atoms. The van der Waals surface area contributed by atoms with E-state index in [-0.39, 0.29) is 5.56 Å². The smallest absolute Gasteiger partial charge is 0.142 e. The van der Waals surface area contributed by atoms with Crippen LogP contribution in [0.15, 0.2) is 30.3 Å². The van der Waals surface area contributed by atoms with E-state index in [1.165, 1.54) is 17.7 Å². The minimum Gasteiger partial charge on any atom is -0.206 e. The maximum atomic E-state index is 14.1. The number of halogens is 2. The van der Waals surface area contributed by atoms with E-state index < -0.39 is 11.6 Å². The molecule has 1 aliphatic rings. The molecule has 2 unspecified atom stereocenters. The molecule has 3 rings (SSSR count). The Kier molecular flexibility index (Phi) is 3.74. The molecule has 0 bridgehead atoms. The van der Waals surface area contributed by atoms with Crippen LogP contribution in [0.4, 0.5) is 8.78 Å². The summed E-state index contributed by atoms with van der Waals surface area (Å²) in [6, 6.07) is 8.62. The molecule has 0 heterocycles. The Bertz CT molecular complexity index is 770. The van der Waals surface area contributed by atoms with Crippen molar-refractivity contribution in [2.75, 3.05) is 0 Å². The van der Waals surface area contributed by atoms with E-state index in [1.54, 1.807) is 0 Å². The molecule has 0 spiro atoms. The summed E-state index contributed by atoms with van der Waals surface area (Å²) in [6.45, 7) is 6.10. The van der Waals surface area contributed by atoms with Crippen LogP contribution in [0.2, 0.25) is 0 Å². The molecule has 2 aromatic carbocycles. The summed E-state index contributed by atoms with van der Waals surface area (Å²) in [4.78, 5) is 0. The van der Waals surface area contributed by atoms with Gasteiger partial charge in [-0.05, 0) is 73.1 Å². The summed E-state index contributed by atoms with van der Waals surface area (Å²) in [6.07, 6.45) is 1.01. The Balaban J connectivity index is 1.92. The molecule has 1 saturated carbocycles. The highest BCUT2D eigenvalue weighted by Crippen LogP contribution is 2.47. The van der Waals surface area contributed by atoms with Gasteiger partial charge in [0, 0.05) is 5.56 Å². The molecule has 0 amide bonds. The molecule has 0 aliphatic heterocycles. The minimum atomic E-state index is -0.564. The van der Waals surface area contributed by atoms with Gasteiger partial charge in [0.25, 0.3) is 0 Å². The van der Waals surface area contributed by atoms with Gasteiger partial charge in [0.05, 0.1) is 5.56 Å². The number of hydrogen-bond donors (Lipinski definition) is 0. The van der Waals surface area contributed by atoms with Gasteiger partial charge in [-0.1, -0.05) is 24.8 Å². The van der Waals surface area contributed by atoms with Crippen LogP contribution in [0, 0.1) is 43.2 Å². The van der Waals surface area contributed by atoms with Crippen molar-refractivity contribution in [2.24, 2.45) is 5.92 Å². The zero-order chi connectivity index (χ0) is 15.9. The van der Waals surface area contributed by atoms with Gasteiger partial charge in [0.2, 0.25) is 0 Å². The highest BCUT2D eigenvalue weighted by atomic mass is 19.1. The van der Waals surface area contributed by atoms with E-state index in [4.69, 9.17) is 0 Å². The number of hydrogen-bond acceptors (Lipinski definition) is 0. The molecule has 2 aromatic rings. The average molecular weight is 296 g/mol. The van der Waals surface area contributed by atoms with E-state index in [2.05, 4.69) is 18.8 Å². The van der Waals surface area contributed by atoms with Crippen molar-refractivity contribution in [3.05, 3.63) is 69.8 Å². The van der Waals surface area contributed by atoms with Crippen molar-refractivity contribution in [1.29, 1.82) is 0 Å². The largest absolute Gasteiger partial charge is 0.206 e. The first-order valence-corrected chi connectivity index (χ1v) is 7.54. The topological polar surface area (TPSA) is 0 Å². The van der Waals surface area contributed by atoms with E-state index in [1.807, 2.05) is 32.0 Å². The van der Waals surface area contributed by atoms with Crippen LogP contribution >= 0.6 is 0 Å². The Morgan fingerprint density at radius 1 is 0.955 bits per heavy atom. The fourth-order valence-corrected chi connectivity index (χ4v) is 2.67. The van der Waals surface area contributed by atoms with Crippen molar-refractivity contribution in [1.82, 2.24) is 0 Å². The van der Waals surface area contributed by atoms with Crippen LogP contribution in [0.1, 0.15) is 47.1 Å². The summed E-state index contributed by atoms with van der Waals surface area (Å²) in [5, 5.41) is 0. The summed E-state index contributed by atoms with van der Waals surface area (Å²) in [5.74, 6) is 5.18. The van der Waals surface area contributed by atoms with E-state index in [9.17, 15) is 8.78 Å². The minimum absolute atomic E-state index is 0.143. The fourth-order valence-electron chi connectivity index (χ4n) is 2.67. The van der Waals surface area contributed by atoms with Gasteiger partial charge in [-0.15, -0.1) is 0 Å². The van der Waals surface area contributed by atoms with Gasteiger partial charge < -0.3 is 0 Å². The van der Waals surface area contributed by atoms with Gasteiger partial charge in [-0.3, -0.25) is 0 Å². The van der Waals surface area contributed by atoms with Gasteiger partial charge in [-0.25, -0.2) is 8.78 Å². The highest BCUT2D eigenvalue weighted by molar-refractivity contribution is 5.47.